The quantitative estimate of drug-likeness (QED) is 0.762. The Hall–Kier alpha value is -1.57. The first-order valence-corrected chi connectivity index (χ1v) is 5.64. The first-order valence-electron chi connectivity index (χ1n) is 5.64. The predicted molar refractivity (Wildman–Crippen MR) is 66.9 cm³/mol. The molecule has 0 bridgehead atoms. The molecule has 0 aliphatic rings. The van der Waals surface area contributed by atoms with Gasteiger partial charge >= 0.3 is 0 Å². The SMILES string of the molecule is Cc1ccc2[nH]c(C)c(C(=O)C(C)C)c2c1. The molecule has 0 aliphatic carbocycles. The lowest BCUT2D eigenvalue weighted by molar-refractivity contribution is 0.0940. The number of carbonyl (C=O) groups is 1. The summed E-state index contributed by atoms with van der Waals surface area (Å²) in [5.41, 5.74) is 4.06. The molecule has 0 amide bonds. The van der Waals surface area contributed by atoms with Gasteiger partial charge in [0.2, 0.25) is 0 Å². The molecule has 2 heteroatoms. The van der Waals surface area contributed by atoms with Crippen LogP contribution >= 0.6 is 0 Å². The zero-order valence-electron chi connectivity index (χ0n) is 10.2. The molecule has 0 saturated heterocycles. The van der Waals surface area contributed by atoms with Crippen LogP contribution in [0.4, 0.5) is 0 Å². The van der Waals surface area contributed by atoms with Crippen molar-refractivity contribution in [2.45, 2.75) is 27.7 Å². The van der Waals surface area contributed by atoms with Crippen LogP contribution in [0, 0.1) is 19.8 Å². The van der Waals surface area contributed by atoms with Crippen LogP contribution in [0.25, 0.3) is 10.9 Å². The number of aromatic amines is 1. The normalized spacial score (nSPS) is 11.3. The molecule has 0 saturated carbocycles. The van der Waals surface area contributed by atoms with Crippen molar-refractivity contribution in [3.63, 3.8) is 0 Å². The van der Waals surface area contributed by atoms with Gasteiger partial charge in [-0.2, -0.15) is 0 Å². The van der Waals surface area contributed by atoms with Gasteiger partial charge in [0.1, 0.15) is 0 Å². The molecule has 0 atom stereocenters. The Kier molecular flexibility index (Phi) is 2.58. The average Bonchev–Trinajstić information content (AvgIpc) is 2.52. The number of carbonyl (C=O) groups excluding carboxylic acids is 1. The van der Waals surface area contributed by atoms with Crippen LogP contribution in [-0.2, 0) is 0 Å². The summed E-state index contributed by atoms with van der Waals surface area (Å²) in [6.07, 6.45) is 0. The number of Topliss-reactive ketones (excluding diaryl/α,β-unsaturated/α-hetero) is 1. The maximum Gasteiger partial charge on any atom is 0.167 e. The molecule has 0 aliphatic heterocycles. The minimum absolute atomic E-state index is 0.0400. The third-order valence-corrected chi connectivity index (χ3v) is 2.91. The summed E-state index contributed by atoms with van der Waals surface area (Å²) in [5.74, 6) is 0.257. The van der Waals surface area contributed by atoms with Gasteiger partial charge in [-0.1, -0.05) is 25.5 Å². The first-order chi connectivity index (χ1) is 7.50. The third kappa shape index (κ3) is 1.64. The highest BCUT2D eigenvalue weighted by Crippen LogP contribution is 2.25. The van der Waals surface area contributed by atoms with E-state index in [-0.39, 0.29) is 11.7 Å². The van der Waals surface area contributed by atoms with Gasteiger partial charge in [0.05, 0.1) is 0 Å². The number of aromatic nitrogens is 1. The van der Waals surface area contributed by atoms with E-state index in [9.17, 15) is 4.79 Å². The summed E-state index contributed by atoms with van der Waals surface area (Å²) in [4.78, 5) is 15.4. The molecular weight excluding hydrogens is 198 g/mol. The Morgan fingerprint density at radius 2 is 1.94 bits per heavy atom. The van der Waals surface area contributed by atoms with E-state index in [0.29, 0.717) is 0 Å². The molecule has 2 nitrogen and oxygen atoms in total. The van der Waals surface area contributed by atoms with E-state index in [4.69, 9.17) is 0 Å². The Labute approximate surface area is 95.7 Å². The smallest absolute Gasteiger partial charge is 0.167 e. The topological polar surface area (TPSA) is 32.9 Å². The molecule has 0 fully saturated rings. The second-order valence-corrected chi connectivity index (χ2v) is 4.69. The lowest BCUT2D eigenvalue weighted by atomic mass is 9.98. The standard InChI is InChI=1S/C14H17NO/c1-8(2)14(16)13-10(4)15-12-6-5-9(3)7-11(12)13/h5-8,15H,1-4H3. The van der Waals surface area contributed by atoms with E-state index in [1.54, 1.807) is 0 Å². The Bertz CT molecular complexity index is 549. The molecule has 16 heavy (non-hydrogen) atoms. The zero-order chi connectivity index (χ0) is 11.9. The number of nitrogens with one attached hydrogen (secondary N) is 1. The highest BCUT2D eigenvalue weighted by Gasteiger charge is 2.18. The average molecular weight is 215 g/mol. The molecule has 2 rings (SSSR count). The van der Waals surface area contributed by atoms with Crippen LogP contribution in [0.15, 0.2) is 18.2 Å². The second-order valence-electron chi connectivity index (χ2n) is 4.69. The maximum atomic E-state index is 12.1. The van der Waals surface area contributed by atoms with Gasteiger partial charge in [-0.15, -0.1) is 0 Å². The Morgan fingerprint density at radius 3 is 2.56 bits per heavy atom. The number of benzene rings is 1. The molecule has 0 radical (unpaired) electrons. The minimum Gasteiger partial charge on any atom is -0.358 e. The summed E-state index contributed by atoms with van der Waals surface area (Å²) in [6, 6.07) is 6.17. The summed E-state index contributed by atoms with van der Waals surface area (Å²) >= 11 is 0. The van der Waals surface area contributed by atoms with Crippen molar-refractivity contribution >= 4 is 16.7 Å². The Morgan fingerprint density at radius 1 is 1.25 bits per heavy atom. The number of fused-ring (bicyclic) bond motifs is 1. The van der Waals surface area contributed by atoms with Crippen molar-refractivity contribution in [1.82, 2.24) is 4.98 Å². The van der Waals surface area contributed by atoms with Gasteiger partial charge in [0, 0.05) is 28.1 Å². The summed E-state index contributed by atoms with van der Waals surface area (Å²) in [5, 5.41) is 1.05. The largest absolute Gasteiger partial charge is 0.358 e. The third-order valence-electron chi connectivity index (χ3n) is 2.91. The van der Waals surface area contributed by atoms with E-state index in [0.717, 1.165) is 22.2 Å². The van der Waals surface area contributed by atoms with Crippen molar-refractivity contribution in [2.24, 2.45) is 5.92 Å². The van der Waals surface area contributed by atoms with Crippen molar-refractivity contribution in [2.75, 3.05) is 0 Å². The molecule has 0 unspecified atom stereocenters. The van der Waals surface area contributed by atoms with E-state index in [1.807, 2.05) is 33.8 Å². The lowest BCUT2D eigenvalue weighted by Crippen LogP contribution is -2.08. The van der Waals surface area contributed by atoms with Crippen LogP contribution in [0.2, 0.25) is 0 Å². The molecule has 2 aromatic rings. The van der Waals surface area contributed by atoms with Gasteiger partial charge < -0.3 is 4.98 Å². The van der Waals surface area contributed by atoms with E-state index >= 15 is 0 Å². The van der Waals surface area contributed by atoms with Crippen molar-refractivity contribution in [3.8, 4) is 0 Å². The van der Waals surface area contributed by atoms with Crippen LogP contribution in [0.3, 0.4) is 0 Å². The van der Waals surface area contributed by atoms with Gasteiger partial charge in [0.25, 0.3) is 0 Å². The number of rotatable bonds is 2. The van der Waals surface area contributed by atoms with Crippen molar-refractivity contribution < 1.29 is 4.79 Å². The number of ketones is 1. The van der Waals surface area contributed by atoms with Crippen LogP contribution in [0.5, 0.6) is 0 Å². The molecular formula is C14H17NO. The molecule has 1 heterocycles. The molecule has 1 aromatic carbocycles. The van der Waals surface area contributed by atoms with Crippen molar-refractivity contribution in [3.05, 3.63) is 35.0 Å². The Balaban J connectivity index is 2.72. The van der Waals surface area contributed by atoms with Crippen molar-refractivity contribution in [1.29, 1.82) is 0 Å². The number of aryl methyl sites for hydroxylation is 2. The molecule has 1 aromatic heterocycles. The number of hydrogen-bond acceptors (Lipinski definition) is 1. The van der Waals surface area contributed by atoms with E-state index < -0.39 is 0 Å². The highest BCUT2D eigenvalue weighted by molar-refractivity contribution is 6.10. The number of hydrogen-bond donors (Lipinski definition) is 1. The lowest BCUT2D eigenvalue weighted by Gasteiger charge is -2.04. The fraction of sp³-hybridized carbons (Fsp3) is 0.357. The molecule has 0 spiro atoms. The fourth-order valence-corrected chi connectivity index (χ4v) is 2.05. The maximum absolute atomic E-state index is 12.1. The van der Waals surface area contributed by atoms with Crippen LogP contribution in [-0.4, -0.2) is 10.8 Å². The second kappa shape index (κ2) is 3.78. The summed E-state index contributed by atoms with van der Waals surface area (Å²) in [6.45, 7) is 7.89. The van der Waals surface area contributed by atoms with E-state index in [1.165, 1.54) is 5.56 Å². The zero-order valence-corrected chi connectivity index (χ0v) is 10.2. The van der Waals surface area contributed by atoms with Gasteiger partial charge in [-0.3, -0.25) is 4.79 Å². The van der Waals surface area contributed by atoms with Gasteiger partial charge in [-0.05, 0) is 26.0 Å². The van der Waals surface area contributed by atoms with E-state index in [2.05, 4.69) is 17.1 Å². The molecule has 1 N–H and O–H groups in total. The molecule has 84 valence electrons. The van der Waals surface area contributed by atoms with Crippen LogP contribution < -0.4 is 0 Å². The minimum atomic E-state index is 0.0400. The monoisotopic (exact) mass is 215 g/mol. The summed E-state index contributed by atoms with van der Waals surface area (Å²) in [7, 11) is 0. The predicted octanol–water partition coefficient (Wildman–Crippen LogP) is 3.62. The summed E-state index contributed by atoms with van der Waals surface area (Å²) < 4.78 is 0. The first kappa shape index (κ1) is 10.9. The van der Waals surface area contributed by atoms with Gasteiger partial charge in [0.15, 0.2) is 5.78 Å². The number of H-pyrrole nitrogens is 1. The highest BCUT2D eigenvalue weighted by atomic mass is 16.1. The fourth-order valence-electron chi connectivity index (χ4n) is 2.05. The van der Waals surface area contributed by atoms with Gasteiger partial charge in [-0.25, -0.2) is 0 Å². The van der Waals surface area contributed by atoms with Crippen LogP contribution in [0.1, 0.15) is 35.5 Å².